The van der Waals surface area contributed by atoms with E-state index < -0.39 is 0 Å². The maximum absolute atomic E-state index is 12.8. The van der Waals surface area contributed by atoms with Gasteiger partial charge < -0.3 is 14.6 Å². The lowest BCUT2D eigenvalue weighted by Gasteiger charge is -2.32. The molecule has 1 aliphatic heterocycles. The normalized spacial score (nSPS) is 14.4. The van der Waals surface area contributed by atoms with Crippen LogP contribution in [0.25, 0.3) is 11.1 Å². The van der Waals surface area contributed by atoms with Gasteiger partial charge in [-0.05, 0) is 49.1 Å². The third kappa shape index (κ3) is 4.85. The lowest BCUT2D eigenvalue weighted by atomic mass is 9.95. The van der Waals surface area contributed by atoms with Crippen LogP contribution in [-0.2, 0) is 24.7 Å². The summed E-state index contributed by atoms with van der Waals surface area (Å²) in [7, 11) is 1.63. The number of fused-ring (bicyclic) bond motifs is 1. The number of benzene rings is 2. The third-order valence-corrected chi connectivity index (χ3v) is 6.37. The molecule has 5 rings (SSSR count). The van der Waals surface area contributed by atoms with Crippen LogP contribution in [0.4, 0.5) is 11.4 Å². The number of carbonyl (C=O) groups excluding carboxylic acids is 1. The van der Waals surface area contributed by atoms with Crippen molar-refractivity contribution in [2.45, 2.75) is 25.7 Å². The molecule has 2 aromatic heterocycles. The highest BCUT2D eigenvalue weighted by Crippen LogP contribution is 2.23. The van der Waals surface area contributed by atoms with Crippen LogP contribution in [-0.4, -0.2) is 33.8 Å². The van der Waals surface area contributed by atoms with E-state index in [9.17, 15) is 9.59 Å². The molecule has 0 atom stereocenters. The molecule has 8 nitrogen and oxygen atoms in total. The summed E-state index contributed by atoms with van der Waals surface area (Å²) >= 11 is 0. The summed E-state index contributed by atoms with van der Waals surface area (Å²) in [5.74, 6) is 0.729. The van der Waals surface area contributed by atoms with E-state index in [1.54, 1.807) is 19.3 Å². The molecule has 2 aromatic carbocycles. The maximum Gasteiger partial charge on any atom is 0.268 e. The summed E-state index contributed by atoms with van der Waals surface area (Å²) < 4.78 is 7.10. The number of hydrogen-bond acceptors (Lipinski definition) is 6. The topological polar surface area (TPSA) is 93.3 Å². The molecule has 1 aliphatic rings. The number of amides is 1. The lowest BCUT2D eigenvalue weighted by molar-refractivity contribution is -0.120. The Bertz CT molecular complexity index is 1320. The molecular weight excluding hydrogens is 430 g/mol. The minimum Gasteiger partial charge on any atom is -0.441 e. The van der Waals surface area contributed by atoms with Gasteiger partial charge in [0.15, 0.2) is 11.5 Å². The lowest BCUT2D eigenvalue weighted by Crippen LogP contribution is -2.39. The molecule has 4 aromatic rings. The van der Waals surface area contributed by atoms with Crippen LogP contribution in [0.3, 0.4) is 0 Å². The van der Waals surface area contributed by atoms with Crippen LogP contribution in [0.1, 0.15) is 24.3 Å². The zero-order valence-corrected chi connectivity index (χ0v) is 19.1. The summed E-state index contributed by atoms with van der Waals surface area (Å²) in [5.41, 5.74) is 4.34. The minimum absolute atomic E-state index is 0.0426. The van der Waals surface area contributed by atoms with E-state index in [1.165, 1.54) is 4.68 Å². The number of nitrogens with one attached hydrogen (secondary N) is 1. The van der Waals surface area contributed by atoms with Crippen molar-refractivity contribution < 1.29 is 9.21 Å². The average molecular weight is 458 g/mol. The van der Waals surface area contributed by atoms with Crippen molar-refractivity contribution in [2.75, 3.05) is 23.3 Å². The van der Waals surface area contributed by atoms with Crippen molar-refractivity contribution in [1.82, 2.24) is 14.8 Å². The van der Waals surface area contributed by atoms with E-state index in [2.05, 4.69) is 20.3 Å². The van der Waals surface area contributed by atoms with Crippen molar-refractivity contribution in [3.05, 3.63) is 82.6 Å². The van der Waals surface area contributed by atoms with Gasteiger partial charge in [-0.15, -0.1) is 0 Å². The Kier molecular flexibility index (Phi) is 6.12. The van der Waals surface area contributed by atoms with Crippen LogP contribution >= 0.6 is 0 Å². The van der Waals surface area contributed by atoms with Gasteiger partial charge in [-0.25, -0.2) is 9.67 Å². The fourth-order valence-electron chi connectivity index (χ4n) is 4.31. The van der Waals surface area contributed by atoms with Gasteiger partial charge in [0.05, 0.1) is 11.9 Å². The monoisotopic (exact) mass is 457 g/mol. The van der Waals surface area contributed by atoms with Crippen molar-refractivity contribution >= 4 is 28.4 Å². The molecule has 0 saturated carbocycles. The van der Waals surface area contributed by atoms with Gasteiger partial charge in [-0.3, -0.25) is 9.59 Å². The molecule has 0 aliphatic carbocycles. The van der Waals surface area contributed by atoms with Crippen molar-refractivity contribution in [3.8, 4) is 0 Å². The molecule has 0 spiro atoms. The zero-order chi connectivity index (χ0) is 23.5. The average Bonchev–Trinajstić information content (AvgIpc) is 3.28. The summed E-state index contributed by atoms with van der Waals surface area (Å²) in [4.78, 5) is 31.2. The largest absolute Gasteiger partial charge is 0.441 e. The van der Waals surface area contributed by atoms with Gasteiger partial charge in [0.25, 0.3) is 5.56 Å². The van der Waals surface area contributed by atoms with E-state index in [0.717, 1.165) is 72.7 Å². The molecule has 34 heavy (non-hydrogen) atoms. The molecule has 0 unspecified atom stereocenters. The van der Waals surface area contributed by atoms with E-state index in [1.807, 2.05) is 48.5 Å². The van der Waals surface area contributed by atoms with Crippen LogP contribution < -0.4 is 15.8 Å². The van der Waals surface area contributed by atoms with Gasteiger partial charge in [0, 0.05) is 44.2 Å². The van der Waals surface area contributed by atoms with E-state index in [-0.39, 0.29) is 17.4 Å². The fraction of sp³-hybridized carbons (Fsp3) is 0.308. The first-order valence-electron chi connectivity index (χ1n) is 11.6. The number of anilines is 2. The molecule has 8 heteroatoms. The number of aryl methyl sites for hydroxylation is 3. The first-order chi connectivity index (χ1) is 16.5. The third-order valence-electron chi connectivity index (χ3n) is 6.37. The first kappa shape index (κ1) is 21.9. The summed E-state index contributed by atoms with van der Waals surface area (Å²) in [6, 6.07) is 17.3. The Morgan fingerprint density at radius 3 is 2.59 bits per heavy atom. The second-order valence-corrected chi connectivity index (χ2v) is 8.70. The summed E-state index contributed by atoms with van der Waals surface area (Å²) in [5, 5.41) is 7.13. The molecule has 174 valence electrons. The van der Waals surface area contributed by atoms with Crippen molar-refractivity contribution in [1.29, 1.82) is 0 Å². The standard InChI is InChI=1S/C26H27N5O3/c1-30-25(32)16-21(17-27-30)31-14-12-19(13-15-31)26(33)28-20-9-6-18(7-10-20)8-11-24-29-22-4-2-3-5-23(22)34-24/h2-7,9-10,16-17,19H,8,11-15H2,1H3,(H,28,33). The second kappa shape index (κ2) is 9.51. The van der Waals surface area contributed by atoms with Crippen LogP contribution in [0.15, 0.2) is 70.0 Å². The second-order valence-electron chi connectivity index (χ2n) is 8.70. The number of nitrogens with zero attached hydrogens (tertiary/aromatic N) is 4. The summed E-state index contributed by atoms with van der Waals surface area (Å²) in [6.07, 6.45) is 4.72. The number of rotatable bonds is 6. The Balaban J connectivity index is 1.11. The highest BCUT2D eigenvalue weighted by Gasteiger charge is 2.25. The molecule has 0 radical (unpaired) electrons. The molecule has 1 N–H and O–H groups in total. The van der Waals surface area contributed by atoms with Gasteiger partial charge >= 0.3 is 0 Å². The molecule has 0 bridgehead atoms. The van der Waals surface area contributed by atoms with E-state index in [0.29, 0.717) is 0 Å². The summed E-state index contributed by atoms with van der Waals surface area (Å²) in [6.45, 7) is 1.45. The molecule has 3 heterocycles. The van der Waals surface area contributed by atoms with Crippen molar-refractivity contribution in [3.63, 3.8) is 0 Å². The van der Waals surface area contributed by atoms with E-state index >= 15 is 0 Å². The van der Waals surface area contributed by atoms with Gasteiger partial charge in [-0.1, -0.05) is 24.3 Å². The number of aromatic nitrogens is 3. The maximum atomic E-state index is 12.8. The highest BCUT2D eigenvalue weighted by atomic mass is 16.3. The fourth-order valence-corrected chi connectivity index (χ4v) is 4.31. The van der Waals surface area contributed by atoms with Gasteiger partial charge in [-0.2, -0.15) is 5.10 Å². The number of para-hydroxylation sites is 2. The Morgan fingerprint density at radius 2 is 1.85 bits per heavy atom. The SMILES string of the molecule is Cn1ncc(N2CCC(C(=O)Nc3ccc(CCc4nc5ccccc5o4)cc3)CC2)cc1=O. The number of carbonyl (C=O) groups is 1. The first-order valence-corrected chi connectivity index (χ1v) is 11.6. The van der Waals surface area contributed by atoms with Crippen LogP contribution in [0.5, 0.6) is 0 Å². The molecule has 1 fully saturated rings. The van der Waals surface area contributed by atoms with E-state index in [4.69, 9.17) is 4.42 Å². The minimum atomic E-state index is -0.130. The predicted molar refractivity (Wildman–Crippen MR) is 131 cm³/mol. The highest BCUT2D eigenvalue weighted by molar-refractivity contribution is 5.92. The molecular formula is C26H27N5O3. The zero-order valence-electron chi connectivity index (χ0n) is 19.1. The van der Waals surface area contributed by atoms with Gasteiger partial charge in [0.2, 0.25) is 5.91 Å². The smallest absolute Gasteiger partial charge is 0.268 e. The van der Waals surface area contributed by atoms with Gasteiger partial charge in [0.1, 0.15) is 5.52 Å². The predicted octanol–water partition coefficient (Wildman–Crippen LogP) is 3.56. The van der Waals surface area contributed by atoms with Crippen molar-refractivity contribution in [2.24, 2.45) is 13.0 Å². The number of oxazole rings is 1. The Labute approximate surface area is 197 Å². The quantitative estimate of drug-likeness (QED) is 0.476. The number of hydrogen-bond donors (Lipinski definition) is 1. The number of piperidine rings is 1. The van der Waals surface area contributed by atoms with Crippen LogP contribution in [0, 0.1) is 5.92 Å². The Morgan fingerprint density at radius 1 is 1.09 bits per heavy atom. The van der Waals surface area contributed by atoms with Crippen LogP contribution in [0.2, 0.25) is 0 Å². The molecule has 1 saturated heterocycles. The molecule has 1 amide bonds. The Hall–Kier alpha value is -3.94.